The molecule has 0 radical (unpaired) electrons. The number of urea groups is 1. The highest BCUT2D eigenvalue weighted by Crippen LogP contribution is 2.28. The fourth-order valence-corrected chi connectivity index (χ4v) is 3.91. The van der Waals surface area contributed by atoms with Gasteiger partial charge in [0.25, 0.3) is 23.3 Å². The van der Waals surface area contributed by atoms with Gasteiger partial charge in [-0.05, 0) is 32.4 Å². The predicted molar refractivity (Wildman–Crippen MR) is 126 cm³/mol. The summed E-state index contributed by atoms with van der Waals surface area (Å²) in [5, 5.41) is 7.37. The van der Waals surface area contributed by atoms with Gasteiger partial charge >= 0.3 is 6.03 Å². The lowest BCUT2D eigenvalue weighted by Crippen LogP contribution is -2.48. The Bertz CT molecular complexity index is 1410. The molecule has 2 aromatic carbocycles. The van der Waals surface area contributed by atoms with Gasteiger partial charge in [0.2, 0.25) is 0 Å². The van der Waals surface area contributed by atoms with Crippen molar-refractivity contribution in [2.45, 2.75) is 32.9 Å². The van der Waals surface area contributed by atoms with E-state index in [0.717, 1.165) is 15.1 Å². The van der Waals surface area contributed by atoms with Gasteiger partial charge in [0.15, 0.2) is 5.69 Å². The van der Waals surface area contributed by atoms with Crippen LogP contribution in [-0.2, 0) is 21.7 Å². The Balaban J connectivity index is 1.46. The quantitative estimate of drug-likeness (QED) is 0.370. The van der Waals surface area contributed by atoms with Crippen molar-refractivity contribution in [1.82, 2.24) is 30.8 Å². The molecular formula is C24H24N6O5. The standard InChI is InChI=1S/C24H24N6O5/c1-4-30-21(33)17-8-6-5-7-16(17)19(28-30)20(32)27-26-18(31)13-29-22(34)24(3,25-23(29)35)15-11-9-14(2)10-12-15/h5-12H,4,13H2,1-3H3,(H,25,35)(H,26,31)(H,27,32). The monoisotopic (exact) mass is 476 g/mol. The summed E-state index contributed by atoms with van der Waals surface area (Å²) in [7, 11) is 0. The zero-order valence-corrected chi connectivity index (χ0v) is 19.4. The summed E-state index contributed by atoms with van der Waals surface area (Å²) in [5.41, 5.74) is 4.32. The van der Waals surface area contributed by atoms with Gasteiger partial charge in [0.1, 0.15) is 12.1 Å². The van der Waals surface area contributed by atoms with Crippen LogP contribution in [0, 0.1) is 6.92 Å². The highest BCUT2D eigenvalue weighted by atomic mass is 16.2. The largest absolute Gasteiger partial charge is 0.325 e. The number of benzene rings is 2. The topological polar surface area (TPSA) is 142 Å². The first-order chi connectivity index (χ1) is 16.7. The van der Waals surface area contributed by atoms with Gasteiger partial charge in [-0.3, -0.25) is 34.9 Å². The fourth-order valence-electron chi connectivity index (χ4n) is 3.91. The molecule has 1 aliphatic rings. The van der Waals surface area contributed by atoms with Crippen LogP contribution in [0.5, 0.6) is 0 Å². The summed E-state index contributed by atoms with van der Waals surface area (Å²) in [5.74, 6) is -2.13. The predicted octanol–water partition coefficient (Wildman–Crippen LogP) is 0.953. The van der Waals surface area contributed by atoms with Crippen LogP contribution in [0.3, 0.4) is 0 Å². The van der Waals surface area contributed by atoms with E-state index in [1.807, 2.05) is 19.1 Å². The molecule has 0 aliphatic carbocycles. The molecule has 1 saturated heterocycles. The van der Waals surface area contributed by atoms with E-state index in [1.165, 1.54) is 0 Å². The van der Waals surface area contributed by atoms with E-state index in [9.17, 15) is 24.0 Å². The number of hydrogen-bond acceptors (Lipinski definition) is 6. The maximum absolute atomic E-state index is 13.0. The zero-order chi connectivity index (χ0) is 25.3. The lowest BCUT2D eigenvalue weighted by molar-refractivity contribution is -0.135. The van der Waals surface area contributed by atoms with Crippen molar-refractivity contribution < 1.29 is 19.2 Å². The van der Waals surface area contributed by atoms with Gasteiger partial charge in [-0.25, -0.2) is 9.48 Å². The van der Waals surface area contributed by atoms with Crippen LogP contribution in [0.15, 0.2) is 53.3 Å². The fraction of sp³-hybridized carbons (Fsp3) is 0.250. The number of hydrazine groups is 1. The second-order valence-electron chi connectivity index (χ2n) is 8.33. The van der Waals surface area contributed by atoms with Gasteiger partial charge in [0.05, 0.1) is 5.39 Å². The molecule has 1 aliphatic heterocycles. The molecule has 3 aromatic rings. The Hall–Kier alpha value is -4.54. The van der Waals surface area contributed by atoms with Crippen molar-refractivity contribution in [1.29, 1.82) is 0 Å². The summed E-state index contributed by atoms with van der Waals surface area (Å²) in [6, 6.07) is 12.9. The van der Waals surface area contributed by atoms with Crippen molar-refractivity contribution in [3.05, 3.63) is 75.7 Å². The molecule has 2 heterocycles. The number of carbonyl (C=O) groups excluding carboxylic acids is 4. The van der Waals surface area contributed by atoms with Crippen molar-refractivity contribution in [2.75, 3.05) is 6.54 Å². The SMILES string of the molecule is CCn1nc(C(=O)NNC(=O)CN2C(=O)NC(C)(c3ccc(C)cc3)C2=O)c2ccccc2c1=O. The van der Waals surface area contributed by atoms with Gasteiger partial charge in [-0.15, -0.1) is 0 Å². The molecule has 180 valence electrons. The number of hydrogen-bond donors (Lipinski definition) is 3. The third-order valence-electron chi connectivity index (χ3n) is 5.90. The lowest BCUT2D eigenvalue weighted by atomic mass is 9.91. The maximum Gasteiger partial charge on any atom is 0.325 e. The molecule has 1 unspecified atom stereocenters. The molecular weight excluding hydrogens is 452 g/mol. The maximum atomic E-state index is 13.0. The van der Waals surface area contributed by atoms with Crippen LogP contribution in [0.25, 0.3) is 10.8 Å². The summed E-state index contributed by atoms with van der Waals surface area (Å²) in [6.07, 6.45) is 0. The summed E-state index contributed by atoms with van der Waals surface area (Å²) < 4.78 is 1.15. The molecule has 0 saturated carbocycles. The normalized spacial score (nSPS) is 17.4. The van der Waals surface area contributed by atoms with Crippen molar-refractivity contribution in [3.63, 3.8) is 0 Å². The Morgan fingerprint density at radius 3 is 2.31 bits per heavy atom. The van der Waals surface area contributed by atoms with E-state index >= 15 is 0 Å². The van der Waals surface area contributed by atoms with E-state index in [4.69, 9.17) is 0 Å². The number of carbonyl (C=O) groups is 4. The average Bonchev–Trinajstić information content (AvgIpc) is 3.07. The third kappa shape index (κ3) is 4.23. The average molecular weight is 476 g/mol. The molecule has 35 heavy (non-hydrogen) atoms. The van der Waals surface area contributed by atoms with Crippen LogP contribution in [-0.4, -0.2) is 45.0 Å². The summed E-state index contributed by atoms with van der Waals surface area (Å²) >= 11 is 0. The second-order valence-corrected chi connectivity index (χ2v) is 8.33. The molecule has 1 fully saturated rings. The van der Waals surface area contributed by atoms with Gasteiger partial charge in [-0.1, -0.05) is 48.0 Å². The van der Waals surface area contributed by atoms with Gasteiger partial charge < -0.3 is 5.32 Å². The number of fused-ring (bicyclic) bond motifs is 1. The number of amides is 5. The molecule has 5 amide bonds. The Labute approximate surface area is 200 Å². The van der Waals surface area contributed by atoms with Crippen LogP contribution >= 0.6 is 0 Å². The van der Waals surface area contributed by atoms with E-state index in [-0.39, 0.29) is 17.8 Å². The molecule has 4 rings (SSSR count). The first-order valence-corrected chi connectivity index (χ1v) is 11.0. The van der Waals surface area contributed by atoms with Crippen molar-refractivity contribution in [3.8, 4) is 0 Å². The number of aromatic nitrogens is 2. The lowest BCUT2D eigenvalue weighted by Gasteiger charge is -2.22. The van der Waals surface area contributed by atoms with E-state index in [0.29, 0.717) is 16.3 Å². The van der Waals surface area contributed by atoms with Crippen LogP contribution in [0.4, 0.5) is 4.79 Å². The minimum atomic E-state index is -1.31. The number of nitrogens with zero attached hydrogens (tertiary/aromatic N) is 3. The van der Waals surface area contributed by atoms with Gasteiger partial charge in [-0.2, -0.15) is 5.10 Å². The summed E-state index contributed by atoms with van der Waals surface area (Å²) in [4.78, 5) is 63.9. The van der Waals surface area contributed by atoms with Crippen molar-refractivity contribution >= 4 is 34.5 Å². The highest BCUT2D eigenvalue weighted by Gasteiger charge is 2.49. The van der Waals surface area contributed by atoms with E-state index < -0.39 is 35.8 Å². The zero-order valence-electron chi connectivity index (χ0n) is 19.4. The minimum absolute atomic E-state index is 0.0516. The first kappa shape index (κ1) is 23.6. The minimum Gasteiger partial charge on any atom is -0.319 e. The van der Waals surface area contributed by atoms with Crippen LogP contribution < -0.4 is 21.7 Å². The molecule has 0 bridgehead atoms. The van der Waals surface area contributed by atoms with Gasteiger partial charge in [0, 0.05) is 11.9 Å². The highest BCUT2D eigenvalue weighted by molar-refractivity contribution is 6.09. The van der Waals surface area contributed by atoms with Crippen LogP contribution in [0.1, 0.15) is 35.5 Å². The second kappa shape index (κ2) is 9.01. The number of imide groups is 1. The molecule has 1 atom stereocenters. The Morgan fingerprint density at radius 2 is 1.66 bits per heavy atom. The summed E-state index contributed by atoms with van der Waals surface area (Å²) in [6.45, 7) is 4.84. The van der Waals surface area contributed by atoms with Crippen molar-refractivity contribution in [2.24, 2.45) is 0 Å². The van der Waals surface area contributed by atoms with E-state index in [1.54, 1.807) is 50.2 Å². The van der Waals surface area contributed by atoms with E-state index in [2.05, 4.69) is 21.3 Å². The smallest absolute Gasteiger partial charge is 0.319 e. The first-order valence-electron chi connectivity index (χ1n) is 11.0. The molecule has 3 N–H and O–H groups in total. The third-order valence-corrected chi connectivity index (χ3v) is 5.90. The number of aryl methyl sites for hydroxylation is 2. The molecule has 1 aromatic heterocycles. The molecule has 11 nitrogen and oxygen atoms in total. The molecule has 11 heteroatoms. The molecule has 0 spiro atoms. The Morgan fingerprint density at radius 1 is 1.00 bits per heavy atom. The Kier molecular flexibility index (Phi) is 6.08. The van der Waals surface area contributed by atoms with Crippen LogP contribution in [0.2, 0.25) is 0 Å². The number of nitrogens with one attached hydrogen (secondary N) is 3. The number of rotatable bonds is 5.